The van der Waals surface area contributed by atoms with E-state index < -0.39 is 0 Å². The summed E-state index contributed by atoms with van der Waals surface area (Å²) < 4.78 is 0. The lowest BCUT2D eigenvalue weighted by atomic mass is 10.0. The van der Waals surface area contributed by atoms with Gasteiger partial charge in [0.1, 0.15) is 6.54 Å². The van der Waals surface area contributed by atoms with Crippen molar-refractivity contribution in [1.29, 1.82) is 0 Å². The standard InChI is InChI=1S/C22H25N3O3/c1-2-18(16-8-4-3-5-9-16)24-20(26)14-23-21(27)15-25-19-11-7-6-10-17(19)12-13-22(25)28/h3-11,18H,2,12-15H2,1H3,(H,23,27)(H,24,26). The Morgan fingerprint density at radius 1 is 1.00 bits per heavy atom. The van der Waals surface area contributed by atoms with Gasteiger partial charge in [-0.15, -0.1) is 0 Å². The predicted octanol–water partition coefficient (Wildman–Crippen LogP) is 2.35. The molecule has 1 unspecified atom stereocenters. The van der Waals surface area contributed by atoms with Crippen LogP contribution >= 0.6 is 0 Å². The molecular weight excluding hydrogens is 354 g/mol. The molecule has 0 saturated carbocycles. The molecule has 1 aliphatic heterocycles. The van der Waals surface area contributed by atoms with Crippen LogP contribution < -0.4 is 15.5 Å². The van der Waals surface area contributed by atoms with E-state index in [9.17, 15) is 14.4 Å². The highest BCUT2D eigenvalue weighted by Gasteiger charge is 2.25. The van der Waals surface area contributed by atoms with Crippen LogP contribution in [0.4, 0.5) is 5.69 Å². The molecular formula is C22H25N3O3. The van der Waals surface area contributed by atoms with Crippen molar-refractivity contribution in [3.05, 3.63) is 65.7 Å². The first-order chi connectivity index (χ1) is 13.6. The maximum Gasteiger partial charge on any atom is 0.240 e. The second kappa shape index (κ2) is 9.17. The first-order valence-electron chi connectivity index (χ1n) is 9.57. The number of carbonyl (C=O) groups is 3. The first-order valence-corrected chi connectivity index (χ1v) is 9.57. The summed E-state index contributed by atoms with van der Waals surface area (Å²) >= 11 is 0. The van der Waals surface area contributed by atoms with Crippen LogP contribution in [0, 0.1) is 0 Å². The Kier molecular flexibility index (Phi) is 6.42. The number of hydrogen-bond donors (Lipinski definition) is 2. The van der Waals surface area contributed by atoms with Crippen LogP contribution in [-0.2, 0) is 20.8 Å². The number of carbonyl (C=O) groups excluding carboxylic acids is 3. The zero-order valence-electron chi connectivity index (χ0n) is 16.0. The highest BCUT2D eigenvalue weighted by molar-refractivity contribution is 6.01. The Hall–Kier alpha value is -3.15. The van der Waals surface area contributed by atoms with Gasteiger partial charge in [-0.2, -0.15) is 0 Å². The van der Waals surface area contributed by atoms with Crippen molar-refractivity contribution in [2.45, 2.75) is 32.2 Å². The van der Waals surface area contributed by atoms with Gasteiger partial charge in [0.2, 0.25) is 17.7 Å². The van der Waals surface area contributed by atoms with E-state index in [0.717, 1.165) is 23.2 Å². The van der Waals surface area contributed by atoms with Crippen molar-refractivity contribution in [3.63, 3.8) is 0 Å². The summed E-state index contributed by atoms with van der Waals surface area (Å²) in [6.07, 6.45) is 1.83. The van der Waals surface area contributed by atoms with Crippen LogP contribution in [-0.4, -0.2) is 30.8 Å². The van der Waals surface area contributed by atoms with Gasteiger partial charge in [0.25, 0.3) is 0 Å². The molecule has 1 atom stereocenters. The number of nitrogens with one attached hydrogen (secondary N) is 2. The summed E-state index contributed by atoms with van der Waals surface area (Å²) in [4.78, 5) is 38.3. The number of amides is 3. The van der Waals surface area contributed by atoms with Gasteiger partial charge in [-0.05, 0) is 30.0 Å². The van der Waals surface area contributed by atoms with Crippen LogP contribution in [0.1, 0.15) is 36.9 Å². The Bertz CT molecular complexity index is 851. The van der Waals surface area contributed by atoms with Crippen LogP contribution in [0.15, 0.2) is 54.6 Å². The fourth-order valence-electron chi connectivity index (χ4n) is 3.40. The number of aryl methyl sites for hydroxylation is 1. The maximum absolute atomic E-state index is 12.3. The number of benzene rings is 2. The summed E-state index contributed by atoms with van der Waals surface area (Å²) in [5.41, 5.74) is 2.86. The number of para-hydroxylation sites is 1. The van der Waals surface area contributed by atoms with Gasteiger partial charge in [0.15, 0.2) is 0 Å². The van der Waals surface area contributed by atoms with Gasteiger partial charge in [-0.3, -0.25) is 14.4 Å². The molecule has 146 valence electrons. The summed E-state index contributed by atoms with van der Waals surface area (Å²) in [7, 11) is 0. The van der Waals surface area contributed by atoms with Crippen molar-refractivity contribution in [3.8, 4) is 0 Å². The van der Waals surface area contributed by atoms with Crippen LogP contribution in [0.5, 0.6) is 0 Å². The van der Waals surface area contributed by atoms with Crippen LogP contribution in [0.3, 0.4) is 0 Å². The summed E-state index contributed by atoms with van der Waals surface area (Å²) in [5, 5.41) is 5.55. The van der Waals surface area contributed by atoms with E-state index in [4.69, 9.17) is 0 Å². The van der Waals surface area contributed by atoms with Gasteiger partial charge < -0.3 is 15.5 Å². The van der Waals surface area contributed by atoms with E-state index in [-0.39, 0.29) is 36.9 Å². The summed E-state index contributed by atoms with van der Waals surface area (Å²) in [6.45, 7) is 1.79. The molecule has 0 radical (unpaired) electrons. The lowest BCUT2D eigenvalue weighted by Gasteiger charge is -2.28. The van der Waals surface area contributed by atoms with Gasteiger partial charge in [-0.1, -0.05) is 55.5 Å². The number of anilines is 1. The number of rotatable bonds is 7. The third-order valence-electron chi connectivity index (χ3n) is 4.88. The molecule has 0 bridgehead atoms. The molecule has 3 rings (SSSR count). The van der Waals surface area contributed by atoms with Crippen LogP contribution in [0.2, 0.25) is 0 Å². The lowest BCUT2D eigenvalue weighted by Crippen LogP contribution is -2.45. The Morgan fingerprint density at radius 3 is 2.46 bits per heavy atom. The van der Waals surface area contributed by atoms with E-state index >= 15 is 0 Å². The Labute approximate surface area is 164 Å². The highest BCUT2D eigenvalue weighted by atomic mass is 16.2. The first kappa shape index (κ1) is 19.6. The van der Waals surface area contributed by atoms with Gasteiger partial charge >= 0.3 is 0 Å². The molecule has 2 aromatic rings. The van der Waals surface area contributed by atoms with Crippen molar-refractivity contribution < 1.29 is 14.4 Å². The normalized spacial score (nSPS) is 14.2. The van der Waals surface area contributed by atoms with Crippen molar-refractivity contribution in [2.75, 3.05) is 18.0 Å². The molecule has 0 aliphatic carbocycles. The van der Waals surface area contributed by atoms with E-state index in [0.29, 0.717) is 12.8 Å². The SMILES string of the molecule is CCC(NC(=O)CNC(=O)CN1C(=O)CCc2ccccc21)c1ccccc1. The average molecular weight is 379 g/mol. The van der Waals surface area contributed by atoms with Crippen molar-refractivity contribution >= 4 is 23.4 Å². The van der Waals surface area contributed by atoms with Gasteiger partial charge in [-0.25, -0.2) is 0 Å². The maximum atomic E-state index is 12.3. The number of fused-ring (bicyclic) bond motifs is 1. The second-order valence-corrected chi connectivity index (χ2v) is 6.82. The van der Waals surface area contributed by atoms with E-state index in [1.807, 2.05) is 61.5 Å². The van der Waals surface area contributed by atoms with E-state index in [1.165, 1.54) is 4.90 Å². The number of nitrogens with zero attached hydrogens (tertiary/aromatic N) is 1. The van der Waals surface area contributed by atoms with E-state index in [1.54, 1.807) is 0 Å². The quantitative estimate of drug-likeness (QED) is 0.775. The fraction of sp³-hybridized carbons (Fsp3) is 0.318. The second-order valence-electron chi connectivity index (χ2n) is 6.82. The van der Waals surface area contributed by atoms with Crippen molar-refractivity contribution in [2.24, 2.45) is 0 Å². The lowest BCUT2D eigenvalue weighted by molar-refractivity contribution is -0.126. The smallest absolute Gasteiger partial charge is 0.240 e. The Balaban J connectivity index is 1.53. The molecule has 0 spiro atoms. The molecule has 2 N–H and O–H groups in total. The fourth-order valence-corrected chi connectivity index (χ4v) is 3.40. The topological polar surface area (TPSA) is 78.5 Å². The molecule has 2 aromatic carbocycles. The van der Waals surface area contributed by atoms with Gasteiger partial charge in [0, 0.05) is 12.1 Å². The zero-order chi connectivity index (χ0) is 19.9. The molecule has 0 aromatic heterocycles. The third kappa shape index (κ3) is 4.76. The zero-order valence-corrected chi connectivity index (χ0v) is 16.0. The van der Waals surface area contributed by atoms with Crippen LogP contribution in [0.25, 0.3) is 0 Å². The third-order valence-corrected chi connectivity index (χ3v) is 4.88. The largest absolute Gasteiger partial charge is 0.348 e. The monoisotopic (exact) mass is 379 g/mol. The van der Waals surface area contributed by atoms with Gasteiger partial charge in [0.05, 0.1) is 12.6 Å². The summed E-state index contributed by atoms with van der Waals surface area (Å²) in [5.74, 6) is -0.684. The Morgan fingerprint density at radius 2 is 1.71 bits per heavy atom. The summed E-state index contributed by atoms with van der Waals surface area (Å²) in [6, 6.07) is 17.2. The molecule has 6 heteroatoms. The molecule has 1 aliphatic rings. The average Bonchev–Trinajstić information content (AvgIpc) is 2.73. The molecule has 1 heterocycles. The molecule has 28 heavy (non-hydrogen) atoms. The predicted molar refractivity (Wildman–Crippen MR) is 108 cm³/mol. The minimum atomic E-state index is -0.354. The minimum Gasteiger partial charge on any atom is -0.348 e. The van der Waals surface area contributed by atoms with E-state index in [2.05, 4.69) is 10.6 Å². The molecule has 0 fully saturated rings. The number of hydrogen-bond acceptors (Lipinski definition) is 3. The minimum absolute atomic E-state index is 0.0755. The highest BCUT2D eigenvalue weighted by Crippen LogP contribution is 2.27. The molecule has 6 nitrogen and oxygen atoms in total. The molecule has 0 saturated heterocycles. The molecule has 3 amide bonds. The van der Waals surface area contributed by atoms with Crippen molar-refractivity contribution in [1.82, 2.24) is 10.6 Å².